The van der Waals surface area contributed by atoms with Crippen LogP contribution in [0.5, 0.6) is 0 Å². The Hall–Kier alpha value is -3.63. The van der Waals surface area contributed by atoms with Crippen molar-refractivity contribution in [2.75, 3.05) is 37.1 Å². The summed E-state index contributed by atoms with van der Waals surface area (Å²) in [4.78, 5) is 34.8. The van der Waals surface area contributed by atoms with Crippen LogP contribution in [0.1, 0.15) is 0 Å². The second-order valence-electron chi connectivity index (χ2n) is 5.90. The lowest BCUT2D eigenvalue weighted by atomic mass is 10.1. The molecule has 0 spiro atoms. The molecular formula is C20H22N2O8. The maximum Gasteiger partial charge on any atom is 0.411 e. The van der Waals surface area contributed by atoms with Crippen LogP contribution in [0, 0.1) is 0 Å². The van der Waals surface area contributed by atoms with E-state index < -0.39 is 30.9 Å². The van der Waals surface area contributed by atoms with Gasteiger partial charge in [-0.05, 0) is 12.1 Å². The average molecular weight is 418 g/mol. The van der Waals surface area contributed by atoms with E-state index in [0.29, 0.717) is 22.1 Å². The van der Waals surface area contributed by atoms with Crippen LogP contribution in [0.4, 0.5) is 21.0 Å². The van der Waals surface area contributed by atoms with Crippen LogP contribution >= 0.6 is 0 Å². The number of rotatable bonds is 9. The number of fused-ring (bicyclic) bond motifs is 1. The number of carbonyl (C=O) groups excluding carboxylic acids is 3. The smallest absolute Gasteiger partial charge is 0.411 e. The number of amides is 2. The summed E-state index contributed by atoms with van der Waals surface area (Å²) in [6.07, 6.45) is -1.70. The molecule has 10 heteroatoms. The summed E-state index contributed by atoms with van der Waals surface area (Å²) in [6.45, 7) is 2.15. The Labute approximate surface area is 172 Å². The topological polar surface area (TPSA) is 143 Å². The number of anilines is 2. The van der Waals surface area contributed by atoms with Gasteiger partial charge in [0.1, 0.15) is 25.9 Å². The molecule has 0 radical (unpaired) electrons. The van der Waals surface area contributed by atoms with Gasteiger partial charge in [-0.1, -0.05) is 30.8 Å². The standard InChI is InChI=1S/C20H22N2O8/c1-2-18(25)28-9-10-29-19(26)21-16-7-3-6-15-14(16)5-4-8-17(15)22-20(27)30-12-13(24)11-23/h2-8,13,23-24H,1,9-12H2,(H,21,26)(H,22,27). The van der Waals surface area contributed by atoms with E-state index in [1.807, 2.05) is 0 Å². The molecule has 0 heterocycles. The molecule has 2 amide bonds. The van der Waals surface area contributed by atoms with E-state index in [0.717, 1.165) is 6.08 Å². The fourth-order valence-corrected chi connectivity index (χ4v) is 2.38. The lowest BCUT2D eigenvalue weighted by Gasteiger charge is -2.13. The van der Waals surface area contributed by atoms with Crippen molar-refractivity contribution in [1.82, 2.24) is 0 Å². The second-order valence-corrected chi connectivity index (χ2v) is 5.90. The molecule has 0 fully saturated rings. The summed E-state index contributed by atoms with van der Waals surface area (Å²) in [5.41, 5.74) is 0.859. The summed E-state index contributed by atoms with van der Waals surface area (Å²) in [5.74, 6) is -0.613. The van der Waals surface area contributed by atoms with Gasteiger partial charge in [0.2, 0.25) is 0 Å². The van der Waals surface area contributed by atoms with Crippen LogP contribution in [0.15, 0.2) is 49.1 Å². The monoisotopic (exact) mass is 418 g/mol. The molecule has 160 valence electrons. The van der Waals surface area contributed by atoms with Gasteiger partial charge in [-0.3, -0.25) is 10.6 Å². The number of hydrogen-bond acceptors (Lipinski definition) is 8. The Bertz CT molecular complexity index is 915. The summed E-state index contributed by atoms with van der Waals surface area (Å²) in [5, 5.41) is 24.4. The zero-order valence-corrected chi connectivity index (χ0v) is 16.0. The quantitative estimate of drug-likeness (QED) is 0.210. The molecule has 0 aliphatic rings. The minimum absolute atomic E-state index is 0.102. The van der Waals surface area contributed by atoms with Crippen LogP contribution in [0.3, 0.4) is 0 Å². The Kier molecular flexibility index (Phi) is 8.60. The summed E-state index contributed by atoms with van der Waals surface area (Å²) < 4.78 is 14.5. The van der Waals surface area contributed by atoms with Gasteiger partial charge < -0.3 is 24.4 Å². The van der Waals surface area contributed by atoms with Crippen molar-refractivity contribution in [3.63, 3.8) is 0 Å². The van der Waals surface area contributed by atoms with Gasteiger partial charge in [-0.25, -0.2) is 14.4 Å². The SMILES string of the molecule is C=CC(=O)OCCOC(=O)Nc1cccc2c(NC(=O)OCC(O)CO)cccc12. The van der Waals surface area contributed by atoms with Crippen LogP contribution in [0.2, 0.25) is 0 Å². The highest BCUT2D eigenvalue weighted by atomic mass is 16.6. The largest absolute Gasteiger partial charge is 0.459 e. The van der Waals surface area contributed by atoms with Crippen molar-refractivity contribution in [1.29, 1.82) is 0 Å². The fourth-order valence-electron chi connectivity index (χ4n) is 2.38. The third kappa shape index (κ3) is 6.76. The van der Waals surface area contributed by atoms with E-state index in [2.05, 4.69) is 17.2 Å². The van der Waals surface area contributed by atoms with E-state index in [1.165, 1.54) is 0 Å². The number of ether oxygens (including phenoxy) is 3. The molecule has 0 saturated heterocycles. The normalized spacial score (nSPS) is 11.3. The Morgan fingerprint density at radius 1 is 0.933 bits per heavy atom. The van der Waals surface area contributed by atoms with Crippen molar-refractivity contribution in [3.8, 4) is 0 Å². The minimum Gasteiger partial charge on any atom is -0.459 e. The van der Waals surface area contributed by atoms with E-state index in [-0.39, 0.29) is 19.8 Å². The van der Waals surface area contributed by atoms with Crippen molar-refractivity contribution in [3.05, 3.63) is 49.1 Å². The van der Waals surface area contributed by atoms with Crippen LogP contribution in [0.25, 0.3) is 10.8 Å². The van der Waals surface area contributed by atoms with Gasteiger partial charge in [-0.2, -0.15) is 0 Å². The number of nitrogens with one attached hydrogen (secondary N) is 2. The molecule has 10 nitrogen and oxygen atoms in total. The van der Waals surface area contributed by atoms with Crippen LogP contribution < -0.4 is 10.6 Å². The Morgan fingerprint density at radius 3 is 2.00 bits per heavy atom. The maximum absolute atomic E-state index is 12.0. The number of esters is 1. The maximum atomic E-state index is 12.0. The second kappa shape index (κ2) is 11.4. The Balaban J connectivity index is 2.02. The zero-order chi connectivity index (χ0) is 21.9. The molecule has 0 saturated carbocycles. The third-order valence-corrected chi connectivity index (χ3v) is 3.74. The lowest BCUT2D eigenvalue weighted by molar-refractivity contribution is -0.138. The first-order valence-corrected chi connectivity index (χ1v) is 8.92. The highest BCUT2D eigenvalue weighted by Crippen LogP contribution is 2.29. The predicted octanol–water partition coefficient (Wildman–Crippen LogP) is 2.02. The minimum atomic E-state index is -1.16. The fraction of sp³-hybridized carbons (Fsp3) is 0.250. The van der Waals surface area contributed by atoms with E-state index in [4.69, 9.17) is 19.3 Å². The molecule has 4 N–H and O–H groups in total. The zero-order valence-electron chi connectivity index (χ0n) is 16.0. The molecule has 1 unspecified atom stereocenters. The highest BCUT2D eigenvalue weighted by Gasteiger charge is 2.12. The number of carbonyl (C=O) groups is 3. The third-order valence-electron chi connectivity index (χ3n) is 3.74. The summed E-state index contributed by atoms with van der Waals surface area (Å²) in [6, 6.07) is 10.1. The molecule has 2 aromatic rings. The highest BCUT2D eigenvalue weighted by molar-refractivity contribution is 6.07. The van der Waals surface area contributed by atoms with Gasteiger partial charge in [-0.15, -0.1) is 0 Å². The van der Waals surface area contributed by atoms with Gasteiger partial charge in [0.05, 0.1) is 18.0 Å². The van der Waals surface area contributed by atoms with Crippen molar-refractivity contribution >= 4 is 40.3 Å². The molecule has 0 bridgehead atoms. The van der Waals surface area contributed by atoms with Crippen LogP contribution in [-0.2, 0) is 19.0 Å². The van der Waals surface area contributed by atoms with Crippen molar-refractivity contribution < 1.29 is 38.8 Å². The Morgan fingerprint density at radius 2 is 1.47 bits per heavy atom. The molecule has 0 aliphatic heterocycles. The first-order chi connectivity index (χ1) is 14.4. The molecule has 1 atom stereocenters. The number of aliphatic hydroxyl groups excluding tert-OH is 2. The van der Waals surface area contributed by atoms with Crippen LogP contribution in [-0.4, -0.2) is 60.9 Å². The molecular weight excluding hydrogens is 396 g/mol. The molecule has 2 aromatic carbocycles. The van der Waals surface area contributed by atoms with Gasteiger partial charge >= 0.3 is 18.2 Å². The first kappa shape index (κ1) is 22.7. The number of benzene rings is 2. The first-order valence-electron chi connectivity index (χ1n) is 8.92. The predicted molar refractivity (Wildman–Crippen MR) is 108 cm³/mol. The average Bonchev–Trinajstić information content (AvgIpc) is 2.75. The van der Waals surface area contributed by atoms with Gasteiger partial charge in [0.15, 0.2) is 0 Å². The summed E-state index contributed by atoms with van der Waals surface area (Å²) >= 11 is 0. The van der Waals surface area contributed by atoms with Gasteiger partial charge in [0, 0.05) is 16.8 Å². The van der Waals surface area contributed by atoms with Crippen molar-refractivity contribution in [2.45, 2.75) is 6.10 Å². The molecule has 0 aliphatic carbocycles. The van der Waals surface area contributed by atoms with E-state index in [1.54, 1.807) is 36.4 Å². The van der Waals surface area contributed by atoms with Gasteiger partial charge in [0.25, 0.3) is 0 Å². The van der Waals surface area contributed by atoms with Crippen molar-refractivity contribution in [2.24, 2.45) is 0 Å². The number of aliphatic hydroxyl groups is 2. The van der Waals surface area contributed by atoms with E-state index in [9.17, 15) is 19.5 Å². The van der Waals surface area contributed by atoms with E-state index >= 15 is 0 Å². The molecule has 30 heavy (non-hydrogen) atoms. The number of hydrogen-bond donors (Lipinski definition) is 4. The lowest BCUT2D eigenvalue weighted by Crippen LogP contribution is -2.24. The molecule has 0 aromatic heterocycles. The molecule has 2 rings (SSSR count). The summed E-state index contributed by atoms with van der Waals surface area (Å²) in [7, 11) is 0.